The van der Waals surface area contributed by atoms with Gasteiger partial charge < -0.3 is 4.90 Å². The zero-order valence-electron chi connectivity index (χ0n) is 9.06. The zero-order chi connectivity index (χ0) is 11.1. The standard InChI is InChI=1S/C12H15NOS/c1-4-10(14)13-8-12(2,3)11(13)9-6-5-7-15-9/h4-7,11H,1,8H2,2-3H3/t11-/m1/s1. The minimum absolute atomic E-state index is 0.0349. The van der Waals surface area contributed by atoms with E-state index in [1.165, 1.54) is 11.0 Å². The van der Waals surface area contributed by atoms with Crippen LogP contribution in [0.5, 0.6) is 0 Å². The van der Waals surface area contributed by atoms with Crippen LogP contribution in [0.4, 0.5) is 0 Å². The molecule has 0 spiro atoms. The molecule has 2 nitrogen and oxygen atoms in total. The summed E-state index contributed by atoms with van der Waals surface area (Å²) in [6.45, 7) is 8.76. The van der Waals surface area contributed by atoms with E-state index in [9.17, 15) is 4.79 Å². The Labute approximate surface area is 94.2 Å². The lowest BCUT2D eigenvalue weighted by Gasteiger charge is -2.53. The van der Waals surface area contributed by atoms with Crippen LogP contribution in [0, 0.1) is 5.41 Å². The Bertz CT molecular complexity index is 380. The third-order valence-corrected chi connectivity index (χ3v) is 3.82. The van der Waals surface area contributed by atoms with E-state index in [0.717, 1.165) is 6.54 Å². The molecule has 1 aromatic rings. The number of hydrogen-bond donors (Lipinski definition) is 0. The van der Waals surface area contributed by atoms with E-state index in [4.69, 9.17) is 0 Å². The average Bonchev–Trinajstić information content (AvgIpc) is 2.66. The number of rotatable bonds is 2. The van der Waals surface area contributed by atoms with Crippen molar-refractivity contribution in [1.29, 1.82) is 0 Å². The fourth-order valence-corrected chi connectivity index (χ4v) is 3.28. The largest absolute Gasteiger partial charge is 0.330 e. The summed E-state index contributed by atoms with van der Waals surface area (Å²) < 4.78 is 0. The lowest BCUT2D eigenvalue weighted by molar-refractivity contribution is -0.146. The van der Waals surface area contributed by atoms with Gasteiger partial charge in [0.05, 0.1) is 6.04 Å². The number of carbonyl (C=O) groups is 1. The third kappa shape index (κ3) is 1.61. The molecule has 0 unspecified atom stereocenters. The van der Waals surface area contributed by atoms with Gasteiger partial charge in [0.15, 0.2) is 0 Å². The first-order valence-corrected chi connectivity index (χ1v) is 5.90. The molecule has 0 radical (unpaired) electrons. The van der Waals surface area contributed by atoms with Crippen LogP contribution in [0.1, 0.15) is 24.8 Å². The first kappa shape index (κ1) is 10.4. The van der Waals surface area contributed by atoms with Gasteiger partial charge in [-0.25, -0.2) is 0 Å². The number of nitrogens with zero attached hydrogens (tertiary/aromatic N) is 1. The molecule has 2 rings (SSSR count). The van der Waals surface area contributed by atoms with Gasteiger partial charge in [-0.05, 0) is 17.5 Å². The maximum absolute atomic E-state index is 11.6. The van der Waals surface area contributed by atoms with Crippen molar-refractivity contribution in [2.75, 3.05) is 6.54 Å². The molecule has 1 fully saturated rings. The third-order valence-electron chi connectivity index (χ3n) is 2.90. The predicted octanol–water partition coefficient (Wildman–Crippen LogP) is 2.84. The molecule has 1 amide bonds. The normalized spacial score (nSPS) is 23.3. The SMILES string of the molecule is C=CC(=O)N1CC(C)(C)[C@H]1c1cccs1. The van der Waals surface area contributed by atoms with E-state index in [0.29, 0.717) is 0 Å². The maximum atomic E-state index is 11.6. The second-order valence-corrected chi connectivity index (χ2v) is 5.56. The predicted molar refractivity (Wildman–Crippen MR) is 62.8 cm³/mol. The monoisotopic (exact) mass is 221 g/mol. The molecular formula is C12H15NOS. The molecule has 1 saturated heterocycles. The fourth-order valence-electron chi connectivity index (χ4n) is 2.23. The molecule has 3 heteroatoms. The molecule has 0 aliphatic carbocycles. The summed E-state index contributed by atoms with van der Waals surface area (Å²) in [7, 11) is 0. The van der Waals surface area contributed by atoms with E-state index in [-0.39, 0.29) is 17.4 Å². The summed E-state index contributed by atoms with van der Waals surface area (Å²) in [5.74, 6) is 0.0349. The Hall–Kier alpha value is -1.09. The van der Waals surface area contributed by atoms with Crippen LogP contribution in [0.15, 0.2) is 30.2 Å². The molecular weight excluding hydrogens is 206 g/mol. The van der Waals surface area contributed by atoms with Crippen molar-refractivity contribution >= 4 is 17.2 Å². The molecule has 0 bridgehead atoms. The van der Waals surface area contributed by atoms with Gasteiger partial charge in [0.1, 0.15) is 0 Å². The molecule has 1 aromatic heterocycles. The van der Waals surface area contributed by atoms with Gasteiger partial charge >= 0.3 is 0 Å². The second kappa shape index (κ2) is 3.49. The Morgan fingerprint density at radius 2 is 2.47 bits per heavy atom. The van der Waals surface area contributed by atoms with E-state index < -0.39 is 0 Å². The lowest BCUT2D eigenvalue weighted by Crippen LogP contribution is -2.57. The van der Waals surface area contributed by atoms with Crippen LogP contribution in [0.2, 0.25) is 0 Å². The van der Waals surface area contributed by atoms with Gasteiger partial charge in [-0.1, -0.05) is 26.5 Å². The molecule has 0 aromatic carbocycles. The summed E-state index contributed by atoms with van der Waals surface area (Å²) in [5, 5.41) is 2.06. The number of likely N-dealkylation sites (tertiary alicyclic amines) is 1. The number of hydrogen-bond acceptors (Lipinski definition) is 2. The molecule has 1 atom stereocenters. The highest BCUT2D eigenvalue weighted by Gasteiger charge is 2.48. The average molecular weight is 221 g/mol. The van der Waals surface area contributed by atoms with Crippen LogP contribution in [-0.2, 0) is 4.79 Å². The topological polar surface area (TPSA) is 20.3 Å². The van der Waals surface area contributed by atoms with Crippen LogP contribution < -0.4 is 0 Å². The highest BCUT2D eigenvalue weighted by Crippen LogP contribution is 2.49. The quantitative estimate of drug-likeness (QED) is 0.703. The van der Waals surface area contributed by atoms with Crippen LogP contribution >= 0.6 is 11.3 Å². The first-order chi connectivity index (χ1) is 7.06. The summed E-state index contributed by atoms with van der Waals surface area (Å²) >= 11 is 1.71. The van der Waals surface area contributed by atoms with Crippen molar-refractivity contribution in [1.82, 2.24) is 4.90 Å². The number of thiophene rings is 1. The number of carbonyl (C=O) groups excluding carboxylic acids is 1. The lowest BCUT2D eigenvalue weighted by atomic mass is 9.74. The molecule has 1 aliphatic heterocycles. The van der Waals surface area contributed by atoms with Crippen molar-refractivity contribution < 1.29 is 4.79 Å². The highest BCUT2D eigenvalue weighted by atomic mass is 32.1. The van der Waals surface area contributed by atoms with Crippen LogP contribution in [0.25, 0.3) is 0 Å². The number of amides is 1. The summed E-state index contributed by atoms with van der Waals surface area (Å²) in [6, 6.07) is 4.35. The molecule has 0 N–H and O–H groups in total. The van der Waals surface area contributed by atoms with E-state index in [1.54, 1.807) is 11.3 Å². The fraction of sp³-hybridized carbons (Fsp3) is 0.417. The Morgan fingerprint density at radius 3 is 2.93 bits per heavy atom. The summed E-state index contributed by atoms with van der Waals surface area (Å²) in [6.07, 6.45) is 1.40. The summed E-state index contributed by atoms with van der Waals surface area (Å²) in [4.78, 5) is 14.8. The van der Waals surface area contributed by atoms with Gasteiger partial charge in [-0.2, -0.15) is 0 Å². The molecule has 2 heterocycles. The Kier molecular flexibility index (Phi) is 2.43. The van der Waals surface area contributed by atoms with E-state index in [2.05, 4.69) is 31.9 Å². The van der Waals surface area contributed by atoms with Gasteiger partial charge in [-0.3, -0.25) is 4.79 Å². The van der Waals surface area contributed by atoms with Crippen LogP contribution in [0.3, 0.4) is 0 Å². The van der Waals surface area contributed by atoms with Crippen LogP contribution in [-0.4, -0.2) is 17.4 Å². The first-order valence-electron chi connectivity index (χ1n) is 5.03. The van der Waals surface area contributed by atoms with Crippen molar-refractivity contribution in [2.24, 2.45) is 5.41 Å². The van der Waals surface area contributed by atoms with Gasteiger partial charge in [0, 0.05) is 16.8 Å². The Morgan fingerprint density at radius 1 is 1.73 bits per heavy atom. The van der Waals surface area contributed by atoms with Crippen molar-refractivity contribution in [3.05, 3.63) is 35.0 Å². The zero-order valence-corrected chi connectivity index (χ0v) is 9.88. The van der Waals surface area contributed by atoms with Crippen molar-refractivity contribution in [2.45, 2.75) is 19.9 Å². The van der Waals surface area contributed by atoms with E-state index in [1.807, 2.05) is 11.0 Å². The Balaban J connectivity index is 2.26. The van der Waals surface area contributed by atoms with Crippen molar-refractivity contribution in [3.63, 3.8) is 0 Å². The van der Waals surface area contributed by atoms with Crippen molar-refractivity contribution in [3.8, 4) is 0 Å². The molecule has 1 aliphatic rings. The van der Waals surface area contributed by atoms with Gasteiger partial charge in [-0.15, -0.1) is 11.3 Å². The minimum Gasteiger partial charge on any atom is -0.330 e. The smallest absolute Gasteiger partial charge is 0.246 e. The highest BCUT2D eigenvalue weighted by molar-refractivity contribution is 7.10. The van der Waals surface area contributed by atoms with Gasteiger partial charge in [0.2, 0.25) is 5.91 Å². The van der Waals surface area contributed by atoms with Gasteiger partial charge in [0.25, 0.3) is 0 Å². The molecule has 80 valence electrons. The molecule has 15 heavy (non-hydrogen) atoms. The summed E-state index contributed by atoms with van der Waals surface area (Å²) in [5.41, 5.74) is 0.184. The maximum Gasteiger partial charge on any atom is 0.246 e. The minimum atomic E-state index is 0.0349. The van der Waals surface area contributed by atoms with E-state index >= 15 is 0 Å². The molecule has 0 saturated carbocycles. The second-order valence-electron chi connectivity index (χ2n) is 4.58.